The number of ether oxygens (including phenoxy) is 1. The van der Waals surface area contributed by atoms with E-state index in [1.807, 2.05) is 4.57 Å². The molecule has 0 saturated carbocycles. The Labute approximate surface area is 112 Å². The summed E-state index contributed by atoms with van der Waals surface area (Å²) in [6.45, 7) is 9.48. The molecule has 1 amide bonds. The number of esters is 1. The molecule has 0 rings (SSSR count). The predicted molar refractivity (Wildman–Crippen MR) is 75.8 cm³/mol. The number of unbranched alkanes of at least 4 members (excludes halogenated alkanes) is 1. The van der Waals surface area contributed by atoms with Gasteiger partial charge in [-0.3, -0.25) is 9.59 Å². The maximum atomic E-state index is 11.2. The van der Waals surface area contributed by atoms with Crippen molar-refractivity contribution in [1.82, 2.24) is 4.57 Å². The highest BCUT2D eigenvalue weighted by atomic mass is 28.3. The number of carbonyl (C=O) groups excluding carboxylic acids is 2. The van der Waals surface area contributed by atoms with Crippen molar-refractivity contribution in [2.45, 2.75) is 58.7 Å². The van der Waals surface area contributed by atoms with Crippen LogP contribution in [-0.4, -0.2) is 38.3 Å². The Balaban J connectivity index is 4.09. The van der Waals surface area contributed by atoms with Gasteiger partial charge in [-0.05, 0) is 19.4 Å². The first-order valence-electron chi connectivity index (χ1n) is 6.85. The molecule has 0 fully saturated rings. The van der Waals surface area contributed by atoms with E-state index in [0.29, 0.717) is 26.0 Å². The van der Waals surface area contributed by atoms with E-state index in [4.69, 9.17) is 4.74 Å². The topological polar surface area (TPSA) is 46.6 Å². The zero-order chi connectivity index (χ0) is 14.0. The zero-order valence-electron chi connectivity index (χ0n) is 12.2. The normalized spacial score (nSPS) is 11.1. The molecule has 5 heteroatoms. The van der Waals surface area contributed by atoms with Gasteiger partial charge in [0.15, 0.2) is 8.24 Å². The van der Waals surface area contributed by atoms with Crippen LogP contribution in [0.1, 0.15) is 39.5 Å². The summed E-state index contributed by atoms with van der Waals surface area (Å²) in [5.74, 6) is -0.170. The van der Waals surface area contributed by atoms with Gasteiger partial charge < -0.3 is 9.30 Å². The average molecular weight is 273 g/mol. The third-order valence-electron chi connectivity index (χ3n) is 3.13. The number of rotatable bonds is 10. The molecule has 18 heavy (non-hydrogen) atoms. The highest BCUT2D eigenvalue weighted by Crippen LogP contribution is 2.18. The minimum atomic E-state index is -1.63. The van der Waals surface area contributed by atoms with E-state index in [1.54, 1.807) is 6.92 Å². The van der Waals surface area contributed by atoms with Crippen LogP contribution in [0.3, 0.4) is 0 Å². The van der Waals surface area contributed by atoms with E-state index in [-0.39, 0.29) is 5.97 Å². The molecule has 0 atom stereocenters. The van der Waals surface area contributed by atoms with E-state index >= 15 is 0 Å². The van der Waals surface area contributed by atoms with Gasteiger partial charge in [-0.15, -0.1) is 0 Å². The van der Waals surface area contributed by atoms with Crippen molar-refractivity contribution in [1.29, 1.82) is 0 Å². The first kappa shape index (κ1) is 17.2. The molecule has 0 bridgehead atoms. The second-order valence-corrected chi connectivity index (χ2v) is 9.82. The number of hydrogen-bond acceptors (Lipinski definition) is 3. The maximum Gasteiger partial charge on any atom is 0.305 e. The summed E-state index contributed by atoms with van der Waals surface area (Å²) in [7, 11) is -1.63. The fourth-order valence-corrected chi connectivity index (χ4v) is 4.43. The van der Waals surface area contributed by atoms with Crippen LogP contribution in [0.25, 0.3) is 0 Å². The van der Waals surface area contributed by atoms with Gasteiger partial charge in [-0.25, -0.2) is 0 Å². The van der Waals surface area contributed by atoms with Crippen LogP contribution in [-0.2, 0) is 14.3 Å². The molecule has 0 saturated heterocycles. The second kappa shape index (κ2) is 9.14. The van der Waals surface area contributed by atoms with Crippen molar-refractivity contribution in [2.75, 3.05) is 13.2 Å². The fourth-order valence-electron chi connectivity index (χ4n) is 1.88. The van der Waals surface area contributed by atoms with Crippen molar-refractivity contribution in [3.63, 3.8) is 0 Å². The van der Waals surface area contributed by atoms with Gasteiger partial charge in [-0.1, -0.05) is 32.9 Å². The number of nitrogens with zero attached hydrogens (tertiary/aromatic N) is 1. The maximum absolute atomic E-state index is 11.2. The Morgan fingerprint density at radius 2 is 1.94 bits per heavy atom. The molecule has 0 aliphatic rings. The summed E-state index contributed by atoms with van der Waals surface area (Å²) in [6, 6.07) is 1.13. The molecule has 0 spiro atoms. The number of carbonyl (C=O) groups is 2. The lowest BCUT2D eigenvalue weighted by Gasteiger charge is -2.34. The lowest BCUT2D eigenvalue weighted by Crippen LogP contribution is -2.48. The third-order valence-corrected chi connectivity index (χ3v) is 6.59. The zero-order valence-corrected chi connectivity index (χ0v) is 13.2. The Kier molecular flexibility index (Phi) is 8.71. The molecule has 0 radical (unpaired) electrons. The summed E-state index contributed by atoms with van der Waals surface area (Å²) in [4.78, 5) is 22.4. The van der Waals surface area contributed by atoms with Gasteiger partial charge >= 0.3 is 5.97 Å². The molecule has 0 unspecified atom stereocenters. The minimum absolute atomic E-state index is 0.170. The molecule has 0 aliphatic carbocycles. The van der Waals surface area contributed by atoms with Crippen LogP contribution in [0.2, 0.25) is 19.1 Å². The predicted octanol–water partition coefficient (Wildman–Crippen LogP) is 2.79. The molecule has 0 aromatic carbocycles. The number of hydrogen-bond donors (Lipinski definition) is 0. The largest absolute Gasteiger partial charge is 0.466 e. The standard InChI is InChI=1S/C13H27NO3Si/c1-5-7-11-18(3,4)14(12-15)10-8-9-13(16)17-6-2/h12H,5-11H2,1-4H3. The summed E-state index contributed by atoms with van der Waals surface area (Å²) in [6.07, 6.45) is 4.37. The van der Waals surface area contributed by atoms with E-state index in [0.717, 1.165) is 18.9 Å². The summed E-state index contributed by atoms with van der Waals surface area (Å²) in [5, 5.41) is 0. The second-order valence-electron chi connectivity index (χ2n) is 5.12. The summed E-state index contributed by atoms with van der Waals surface area (Å²) < 4.78 is 6.81. The minimum Gasteiger partial charge on any atom is -0.466 e. The molecule has 4 nitrogen and oxygen atoms in total. The van der Waals surface area contributed by atoms with E-state index in [2.05, 4.69) is 20.0 Å². The fraction of sp³-hybridized carbons (Fsp3) is 0.846. The van der Waals surface area contributed by atoms with Gasteiger partial charge in [-0.2, -0.15) is 0 Å². The quantitative estimate of drug-likeness (QED) is 0.349. The summed E-state index contributed by atoms with van der Waals surface area (Å²) >= 11 is 0. The van der Waals surface area contributed by atoms with E-state index in [1.165, 1.54) is 6.42 Å². The Morgan fingerprint density at radius 1 is 1.28 bits per heavy atom. The van der Waals surface area contributed by atoms with E-state index < -0.39 is 8.24 Å². The van der Waals surface area contributed by atoms with Gasteiger partial charge in [0.05, 0.1) is 6.61 Å². The Hall–Kier alpha value is -0.843. The van der Waals surface area contributed by atoms with Crippen LogP contribution in [0.4, 0.5) is 0 Å². The van der Waals surface area contributed by atoms with Crippen LogP contribution in [0.15, 0.2) is 0 Å². The first-order chi connectivity index (χ1) is 8.47. The molecule has 0 aliphatic heterocycles. The molecule has 106 valence electrons. The highest BCUT2D eigenvalue weighted by molar-refractivity contribution is 6.76. The molecule has 0 aromatic heterocycles. The first-order valence-corrected chi connectivity index (χ1v) is 10.0. The molecule has 0 heterocycles. The van der Waals surface area contributed by atoms with Crippen LogP contribution in [0, 0.1) is 0 Å². The third kappa shape index (κ3) is 6.79. The van der Waals surface area contributed by atoms with Crippen molar-refractivity contribution >= 4 is 20.6 Å². The van der Waals surface area contributed by atoms with Gasteiger partial charge in [0.2, 0.25) is 6.41 Å². The number of amides is 1. The highest BCUT2D eigenvalue weighted by Gasteiger charge is 2.27. The molecular weight excluding hydrogens is 246 g/mol. The SMILES string of the molecule is CCCC[Si](C)(C)N(C=O)CCCC(=O)OCC. The smallest absolute Gasteiger partial charge is 0.305 e. The van der Waals surface area contributed by atoms with E-state index in [9.17, 15) is 9.59 Å². The van der Waals surface area contributed by atoms with Gasteiger partial charge in [0, 0.05) is 13.0 Å². The van der Waals surface area contributed by atoms with Crippen LogP contribution >= 0.6 is 0 Å². The molecular formula is C13H27NO3Si. The monoisotopic (exact) mass is 273 g/mol. The lowest BCUT2D eigenvalue weighted by molar-refractivity contribution is -0.143. The van der Waals surface area contributed by atoms with Crippen molar-refractivity contribution in [2.24, 2.45) is 0 Å². The van der Waals surface area contributed by atoms with Gasteiger partial charge in [0.1, 0.15) is 0 Å². The van der Waals surface area contributed by atoms with Crippen LogP contribution < -0.4 is 0 Å². The van der Waals surface area contributed by atoms with Gasteiger partial charge in [0.25, 0.3) is 0 Å². The average Bonchev–Trinajstić information content (AvgIpc) is 2.32. The lowest BCUT2D eigenvalue weighted by atomic mass is 10.3. The van der Waals surface area contributed by atoms with Crippen molar-refractivity contribution in [3.8, 4) is 0 Å². The summed E-state index contributed by atoms with van der Waals surface area (Å²) in [5.41, 5.74) is 0. The Morgan fingerprint density at radius 3 is 2.44 bits per heavy atom. The molecule has 0 aromatic rings. The Bertz CT molecular complexity index is 257. The van der Waals surface area contributed by atoms with Crippen molar-refractivity contribution in [3.05, 3.63) is 0 Å². The molecule has 0 N–H and O–H groups in total. The van der Waals surface area contributed by atoms with Crippen LogP contribution in [0.5, 0.6) is 0 Å². The van der Waals surface area contributed by atoms with Crippen molar-refractivity contribution < 1.29 is 14.3 Å².